The van der Waals surface area contributed by atoms with Crippen molar-refractivity contribution in [2.45, 2.75) is 0 Å². The van der Waals surface area contributed by atoms with Gasteiger partial charge in [-0.25, -0.2) is 0 Å². The average Bonchev–Trinajstić information content (AvgIpc) is 2.16. The van der Waals surface area contributed by atoms with Crippen molar-refractivity contribution in [3.8, 4) is 11.5 Å². The zero-order valence-electron chi connectivity index (χ0n) is 8.44. The Morgan fingerprint density at radius 1 is 1.43 bits per heavy atom. The van der Waals surface area contributed by atoms with Crippen molar-refractivity contribution in [3.63, 3.8) is 0 Å². The molecule has 0 aromatic heterocycles. The third-order valence-electron chi connectivity index (χ3n) is 1.82. The van der Waals surface area contributed by atoms with E-state index in [1.54, 1.807) is 20.2 Å². The summed E-state index contributed by atoms with van der Waals surface area (Å²) in [5.74, 6) is 0.315. The number of nitrogens with zero attached hydrogens (tertiary/aromatic N) is 1. The van der Waals surface area contributed by atoms with E-state index in [0.717, 1.165) is 0 Å². The highest BCUT2D eigenvalue weighted by Crippen LogP contribution is 2.23. The molecule has 14 heavy (non-hydrogen) atoms. The Balaban J connectivity index is 3.17. The van der Waals surface area contributed by atoms with Crippen molar-refractivity contribution < 1.29 is 14.6 Å². The van der Waals surface area contributed by atoms with Gasteiger partial charge in [0, 0.05) is 14.1 Å². The first kappa shape index (κ1) is 10.4. The second-order valence-electron chi connectivity index (χ2n) is 3.08. The van der Waals surface area contributed by atoms with Gasteiger partial charge in [-0.05, 0) is 18.2 Å². The number of ether oxygens (including phenoxy) is 1. The van der Waals surface area contributed by atoms with E-state index in [0.29, 0.717) is 11.3 Å². The molecule has 4 heteroatoms. The molecule has 0 radical (unpaired) electrons. The van der Waals surface area contributed by atoms with Gasteiger partial charge in [-0.3, -0.25) is 4.79 Å². The highest BCUT2D eigenvalue weighted by molar-refractivity contribution is 5.97. The van der Waals surface area contributed by atoms with E-state index < -0.39 is 0 Å². The summed E-state index contributed by atoms with van der Waals surface area (Å²) in [6, 6.07) is 4.43. The van der Waals surface area contributed by atoms with Crippen LogP contribution in [0, 0.1) is 0 Å². The van der Waals surface area contributed by atoms with Gasteiger partial charge < -0.3 is 14.7 Å². The number of amides is 1. The molecule has 0 saturated heterocycles. The molecule has 0 heterocycles. The van der Waals surface area contributed by atoms with Gasteiger partial charge in [-0.15, -0.1) is 0 Å². The molecule has 0 atom stereocenters. The van der Waals surface area contributed by atoms with Crippen LogP contribution in [0.25, 0.3) is 0 Å². The molecule has 0 aliphatic rings. The Hall–Kier alpha value is -1.71. The average molecular weight is 195 g/mol. The van der Waals surface area contributed by atoms with Crippen molar-refractivity contribution in [2.75, 3.05) is 21.2 Å². The lowest BCUT2D eigenvalue weighted by molar-refractivity contribution is 0.0824. The predicted octanol–water partition coefficient (Wildman–Crippen LogP) is 1.10. The Bertz CT molecular complexity index is 347. The topological polar surface area (TPSA) is 49.8 Å². The van der Waals surface area contributed by atoms with Crippen LogP contribution in [0.3, 0.4) is 0 Å². The second-order valence-corrected chi connectivity index (χ2v) is 3.08. The number of rotatable bonds is 2. The van der Waals surface area contributed by atoms with Gasteiger partial charge in [0.1, 0.15) is 11.5 Å². The number of benzene rings is 1. The van der Waals surface area contributed by atoms with Gasteiger partial charge >= 0.3 is 0 Å². The summed E-state index contributed by atoms with van der Waals surface area (Å²) in [5.41, 5.74) is 0.359. The predicted molar refractivity (Wildman–Crippen MR) is 52.7 cm³/mol. The number of hydrogen-bond donors (Lipinski definition) is 1. The standard InChI is InChI=1S/C10H13NO3/c1-11(2)10(13)8-6-7(12)4-5-9(8)14-3/h4-6,12H,1-3H3. The van der Waals surface area contributed by atoms with Gasteiger partial charge in [0.2, 0.25) is 0 Å². The van der Waals surface area contributed by atoms with E-state index in [1.165, 1.54) is 24.1 Å². The first-order chi connectivity index (χ1) is 6.56. The quantitative estimate of drug-likeness (QED) is 0.768. The maximum Gasteiger partial charge on any atom is 0.257 e. The molecule has 1 aromatic carbocycles. The van der Waals surface area contributed by atoms with Crippen LogP contribution in [0.15, 0.2) is 18.2 Å². The molecular weight excluding hydrogens is 182 g/mol. The highest BCUT2D eigenvalue weighted by Gasteiger charge is 2.14. The molecule has 0 unspecified atom stereocenters. The lowest BCUT2D eigenvalue weighted by Crippen LogP contribution is -2.22. The summed E-state index contributed by atoms with van der Waals surface area (Å²) in [7, 11) is 4.77. The van der Waals surface area contributed by atoms with Crippen LogP contribution in [-0.2, 0) is 0 Å². The van der Waals surface area contributed by atoms with E-state index in [9.17, 15) is 9.90 Å². The number of carbonyl (C=O) groups is 1. The normalized spacial score (nSPS) is 9.64. The van der Waals surface area contributed by atoms with Crippen LogP contribution in [-0.4, -0.2) is 37.1 Å². The molecule has 76 valence electrons. The van der Waals surface area contributed by atoms with E-state index >= 15 is 0 Å². The molecule has 0 spiro atoms. The minimum atomic E-state index is -0.197. The fourth-order valence-corrected chi connectivity index (χ4v) is 1.10. The molecular formula is C10H13NO3. The number of hydrogen-bond acceptors (Lipinski definition) is 3. The molecule has 1 rings (SSSR count). The fraction of sp³-hybridized carbons (Fsp3) is 0.300. The minimum Gasteiger partial charge on any atom is -0.508 e. The lowest BCUT2D eigenvalue weighted by atomic mass is 10.1. The molecule has 0 saturated carbocycles. The maximum absolute atomic E-state index is 11.6. The van der Waals surface area contributed by atoms with Crippen LogP contribution in [0.5, 0.6) is 11.5 Å². The second kappa shape index (κ2) is 4.00. The van der Waals surface area contributed by atoms with E-state index in [4.69, 9.17) is 4.74 Å². The summed E-state index contributed by atoms with van der Waals surface area (Å²) in [5, 5.41) is 9.24. The minimum absolute atomic E-state index is 0.0519. The fourth-order valence-electron chi connectivity index (χ4n) is 1.10. The summed E-state index contributed by atoms with van der Waals surface area (Å²) in [6.07, 6.45) is 0. The monoisotopic (exact) mass is 195 g/mol. The molecule has 4 nitrogen and oxygen atoms in total. The maximum atomic E-state index is 11.6. The van der Waals surface area contributed by atoms with E-state index in [2.05, 4.69) is 0 Å². The summed E-state index contributed by atoms with van der Waals surface area (Å²) >= 11 is 0. The highest BCUT2D eigenvalue weighted by atomic mass is 16.5. The third kappa shape index (κ3) is 1.96. The van der Waals surface area contributed by atoms with Crippen LogP contribution >= 0.6 is 0 Å². The number of phenolic OH excluding ortho intramolecular Hbond substituents is 1. The molecule has 0 aliphatic heterocycles. The van der Waals surface area contributed by atoms with Crippen molar-refractivity contribution in [2.24, 2.45) is 0 Å². The number of carbonyl (C=O) groups excluding carboxylic acids is 1. The smallest absolute Gasteiger partial charge is 0.257 e. The Labute approximate surface area is 82.7 Å². The summed E-state index contributed by atoms with van der Waals surface area (Å²) in [6.45, 7) is 0. The van der Waals surface area contributed by atoms with Crippen molar-refractivity contribution >= 4 is 5.91 Å². The molecule has 1 amide bonds. The first-order valence-corrected chi connectivity index (χ1v) is 4.15. The zero-order chi connectivity index (χ0) is 10.7. The SMILES string of the molecule is COc1ccc(O)cc1C(=O)N(C)C. The van der Waals surface area contributed by atoms with Gasteiger partial charge in [0.05, 0.1) is 12.7 Å². The van der Waals surface area contributed by atoms with E-state index in [1.807, 2.05) is 0 Å². The van der Waals surface area contributed by atoms with Crippen LogP contribution in [0.1, 0.15) is 10.4 Å². The number of methoxy groups -OCH3 is 1. The van der Waals surface area contributed by atoms with E-state index in [-0.39, 0.29) is 11.7 Å². The lowest BCUT2D eigenvalue weighted by Gasteiger charge is -2.13. The number of phenols is 1. The van der Waals surface area contributed by atoms with Crippen LogP contribution < -0.4 is 4.74 Å². The first-order valence-electron chi connectivity index (χ1n) is 4.15. The third-order valence-corrected chi connectivity index (χ3v) is 1.82. The van der Waals surface area contributed by atoms with Gasteiger partial charge in [-0.2, -0.15) is 0 Å². The number of aromatic hydroxyl groups is 1. The Kier molecular flexibility index (Phi) is 2.96. The molecule has 0 bridgehead atoms. The van der Waals surface area contributed by atoms with Gasteiger partial charge in [0.15, 0.2) is 0 Å². The van der Waals surface area contributed by atoms with Crippen molar-refractivity contribution in [1.29, 1.82) is 0 Å². The Morgan fingerprint density at radius 2 is 2.07 bits per heavy atom. The Morgan fingerprint density at radius 3 is 2.57 bits per heavy atom. The van der Waals surface area contributed by atoms with Gasteiger partial charge in [0.25, 0.3) is 5.91 Å². The largest absolute Gasteiger partial charge is 0.508 e. The van der Waals surface area contributed by atoms with Crippen molar-refractivity contribution in [3.05, 3.63) is 23.8 Å². The summed E-state index contributed by atoms with van der Waals surface area (Å²) in [4.78, 5) is 13.0. The van der Waals surface area contributed by atoms with Gasteiger partial charge in [-0.1, -0.05) is 0 Å². The van der Waals surface area contributed by atoms with Crippen LogP contribution in [0.2, 0.25) is 0 Å². The molecule has 1 aromatic rings. The molecule has 0 fully saturated rings. The molecule has 0 aliphatic carbocycles. The van der Waals surface area contributed by atoms with Crippen molar-refractivity contribution in [1.82, 2.24) is 4.90 Å². The summed E-state index contributed by atoms with van der Waals surface area (Å²) < 4.78 is 5.01. The molecule has 1 N–H and O–H groups in total. The van der Waals surface area contributed by atoms with Crippen LogP contribution in [0.4, 0.5) is 0 Å². The zero-order valence-corrected chi connectivity index (χ0v) is 8.44.